The van der Waals surface area contributed by atoms with Gasteiger partial charge in [0.2, 0.25) is 0 Å². The third-order valence-corrected chi connectivity index (χ3v) is 2.83. The van der Waals surface area contributed by atoms with Gasteiger partial charge in [-0.05, 0) is 31.9 Å². The summed E-state index contributed by atoms with van der Waals surface area (Å²) in [6, 6.07) is 1.69. The molecule has 2 rings (SSSR count). The third kappa shape index (κ3) is 2.50. The topological polar surface area (TPSA) is 34.2 Å². The van der Waals surface area contributed by atoms with Crippen molar-refractivity contribution < 1.29 is 9.13 Å². The molecule has 0 saturated heterocycles. The van der Waals surface area contributed by atoms with Crippen LogP contribution in [0.2, 0.25) is 0 Å². The fourth-order valence-corrected chi connectivity index (χ4v) is 1.59. The molecule has 0 aliphatic heterocycles. The lowest BCUT2D eigenvalue weighted by Crippen LogP contribution is -2.25. The lowest BCUT2D eigenvalue weighted by Gasteiger charge is -2.26. The van der Waals surface area contributed by atoms with Gasteiger partial charge in [0.15, 0.2) is 5.82 Å². The molecule has 0 aromatic carbocycles. The first-order valence-electron chi connectivity index (χ1n) is 5.82. The highest BCUT2D eigenvalue weighted by molar-refractivity contribution is 5.23. The van der Waals surface area contributed by atoms with Crippen LogP contribution in [0.1, 0.15) is 31.7 Å². The summed E-state index contributed by atoms with van der Waals surface area (Å²) in [4.78, 5) is 3.94. The van der Waals surface area contributed by atoms with Gasteiger partial charge in [-0.1, -0.05) is 6.92 Å². The SMILES string of the molecule is CCNCc1ccnc(OC2CCC2)c1F. The number of hydrogen-bond donors (Lipinski definition) is 1. The number of aromatic nitrogens is 1. The van der Waals surface area contributed by atoms with Crippen LogP contribution in [0.25, 0.3) is 0 Å². The average molecular weight is 224 g/mol. The maximum Gasteiger partial charge on any atom is 0.250 e. The van der Waals surface area contributed by atoms with Gasteiger partial charge >= 0.3 is 0 Å². The Labute approximate surface area is 95.0 Å². The minimum atomic E-state index is -0.324. The van der Waals surface area contributed by atoms with Crippen molar-refractivity contribution in [3.8, 4) is 5.88 Å². The van der Waals surface area contributed by atoms with Crippen LogP contribution in [-0.4, -0.2) is 17.6 Å². The fourth-order valence-electron chi connectivity index (χ4n) is 1.59. The van der Waals surface area contributed by atoms with E-state index >= 15 is 0 Å². The monoisotopic (exact) mass is 224 g/mol. The van der Waals surface area contributed by atoms with Crippen molar-refractivity contribution in [2.75, 3.05) is 6.54 Å². The molecular weight excluding hydrogens is 207 g/mol. The highest BCUT2D eigenvalue weighted by Crippen LogP contribution is 2.26. The number of rotatable bonds is 5. The van der Waals surface area contributed by atoms with E-state index in [1.54, 1.807) is 12.3 Å². The lowest BCUT2D eigenvalue weighted by atomic mass is 9.96. The second-order valence-corrected chi connectivity index (χ2v) is 4.04. The Morgan fingerprint density at radius 3 is 3.00 bits per heavy atom. The molecule has 0 radical (unpaired) electrons. The first kappa shape index (κ1) is 11.3. The minimum Gasteiger partial charge on any atom is -0.472 e. The Kier molecular flexibility index (Phi) is 3.72. The zero-order valence-electron chi connectivity index (χ0n) is 9.50. The molecule has 1 aromatic heterocycles. The molecule has 88 valence electrons. The van der Waals surface area contributed by atoms with Crippen LogP contribution in [0.4, 0.5) is 4.39 Å². The van der Waals surface area contributed by atoms with Crippen molar-refractivity contribution in [1.29, 1.82) is 0 Å². The van der Waals surface area contributed by atoms with E-state index in [1.807, 2.05) is 6.92 Å². The molecule has 1 saturated carbocycles. The summed E-state index contributed by atoms with van der Waals surface area (Å²) in [5.74, 6) is -0.171. The number of hydrogen-bond acceptors (Lipinski definition) is 3. The molecule has 1 heterocycles. The third-order valence-electron chi connectivity index (χ3n) is 2.83. The molecule has 1 N–H and O–H groups in total. The number of ether oxygens (including phenoxy) is 1. The van der Waals surface area contributed by atoms with Gasteiger partial charge in [0.25, 0.3) is 5.88 Å². The van der Waals surface area contributed by atoms with E-state index < -0.39 is 0 Å². The van der Waals surface area contributed by atoms with E-state index in [2.05, 4.69) is 10.3 Å². The van der Waals surface area contributed by atoms with Crippen molar-refractivity contribution in [3.63, 3.8) is 0 Å². The molecule has 1 fully saturated rings. The maximum absolute atomic E-state index is 13.9. The van der Waals surface area contributed by atoms with E-state index in [0.717, 1.165) is 19.4 Å². The van der Waals surface area contributed by atoms with E-state index in [4.69, 9.17) is 4.74 Å². The van der Waals surface area contributed by atoms with Gasteiger partial charge in [0.1, 0.15) is 6.10 Å². The number of nitrogens with one attached hydrogen (secondary N) is 1. The summed E-state index contributed by atoms with van der Waals surface area (Å²) < 4.78 is 19.4. The Bertz CT molecular complexity index is 353. The predicted octanol–water partition coefficient (Wildman–Crippen LogP) is 2.26. The first-order chi connectivity index (χ1) is 7.81. The van der Waals surface area contributed by atoms with E-state index in [9.17, 15) is 4.39 Å². The van der Waals surface area contributed by atoms with E-state index in [0.29, 0.717) is 12.1 Å². The van der Waals surface area contributed by atoms with E-state index in [1.165, 1.54) is 6.42 Å². The van der Waals surface area contributed by atoms with Crippen molar-refractivity contribution in [3.05, 3.63) is 23.6 Å². The lowest BCUT2D eigenvalue weighted by molar-refractivity contribution is 0.108. The minimum absolute atomic E-state index is 0.153. The van der Waals surface area contributed by atoms with Crippen LogP contribution in [0, 0.1) is 5.82 Å². The summed E-state index contributed by atoms with van der Waals surface area (Å²) in [5.41, 5.74) is 0.617. The van der Waals surface area contributed by atoms with Crippen LogP contribution in [0.5, 0.6) is 5.88 Å². The smallest absolute Gasteiger partial charge is 0.250 e. The highest BCUT2D eigenvalue weighted by Gasteiger charge is 2.22. The molecule has 0 amide bonds. The molecule has 1 aromatic rings. The summed E-state index contributed by atoms with van der Waals surface area (Å²) in [6.45, 7) is 3.33. The van der Waals surface area contributed by atoms with Crippen LogP contribution < -0.4 is 10.1 Å². The van der Waals surface area contributed by atoms with E-state index in [-0.39, 0.29) is 17.8 Å². The van der Waals surface area contributed by atoms with Gasteiger partial charge in [0.05, 0.1) is 0 Å². The summed E-state index contributed by atoms with van der Waals surface area (Å²) in [5, 5.41) is 3.09. The Hall–Kier alpha value is -1.16. The Balaban J connectivity index is 2.05. The maximum atomic E-state index is 13.9. The molecule has 1 aliphatic rings. The fraction of sp³-hybridized carbons (Fsp3) is 0.583. The summed E-state index contributed by atoms with van der Waals surface area (Å²) >= 11 is 0. The van der Waals surface area contributed by atoms with Gasteiger partial charge in [0, 0.05) is 18.3 Å². The van der Waals surface area contributed by atoms with Gasteiger partial charge in [-0.3, -0.25) is 0 Å². The van der Waals surface area contributed by atoms with Gasteiger partial charge in [-0.2, -0.15) is 0 Å². The number of pyridine rings is 1. The second kappa shape index (κ2) is 5.25. The van der Waals surface area contributed by atoms with Gasteiger partial charge in [-0.25, -0.2) is 9.37 Å². The predicted molar refractivity (Wildman–Crippen MR) is 59.8 cm³/mol. The van der Waals surface area contributed by atoms with Crippen molar-refractivity contribution in [2.45, 2.75) is 38.8 Å². The first-order valence-corrected chi connectivity index (χ1v) is 5.82. The average Bonchev–Trinajstić information content (AvgIpc) is 2.23. The molecule has 4 heteroatoms. The number of nitrogens with zero attached hydrogens (tertiary/aromatic N) is 1. The molecular formula is C12H17FN2O. The molecule has 0 unspecified atom stereocenters. The van der Waals surface area contributed by atoms with Crippen molar-refractivity contribution in [1.82, 2.24) is 10.3 Å². The van der Waals surface area contributed by atoms with Crippen LogP contribution in [-0.2, 0) is 6.54 Å². The van der Waals surface area contributed by atoms with Gasteiger partial charge in [-0.15, -0.1) is 0 Å². The summed E-state index contributed by atoms with van der Waals surface area (Å²) in [7, 11) is 0. The highest BCUT2D eigenvalue weighted by atomic mass is 19.1. The largest absolute Gasteiger partial charge is 0.472 e. The molecule has 0 bridgehead atoms. The van der Waals surface area contributed by atoms with Crippen LogP contribution >= 0.6 is 0 Å². The van der Waals surface area contributed by atoms with Crippen LogP contribution in [0.15, 0.2) is 12.3 Å². The standard InChI is InChI=1S/C12H17FN2O/c1-2-14-8-9-6-7-15-12(11(9)13)16-10-4-3-5-10/h6-7,10,14H,2-5,8H2,1H3. The van der Waals surface area contributed by atoms with Gasteiger partial charge < -0.3 is 10.1 Å². The van der Waals surface area contributed by atoms with Crippen molar-refractivity contribution >= 4 is 0 Å². The molecule has 3 nitrogen and oxygen atoms in total. The molecule has 0 atom stereocenters. The zero-order chi connectivity index (χ0) is 11.4. The Morgan fingerprint density at radius 2 is 2.38 bits per heavy atom. The van der Waals surface area contributed by atoms with Crippen molar-refractivity contribution in [2.24, 2.45) is 0 Å². The second-order valence-electron chi connectivity index (χ2n) is 4.04. The Morgan fingerprint density at radius 1 is 1.56 bits per heavy atom. The van der Waals surface area contributed by atoms with Crippen LogP contribution in [0.3, 0.4) is 0 Å². The molecule has 1 aliphatic carbocycles. The quantitative estimate of drug-likeness (QED) is 0.833. The number of halogens is 1. The molecule has 0 spiro atoms. The normalized spacial score (nSPS) is 15.9. The summed E-state index contributed by atoms with van der Waals surface area (Å²) in [6.07, 6.45) is 4.96. The zero-order valence-corrected chi connectivity index (χ0v) is 9.50. The molecule has 16 heavy (non-hydrogen) atoms.